The molecular weight excluding hydrogens is 324 g/mol. The highest BCUT2D eigenvalue weighted by atomic mass is 32.2. The van der Waals surface area contributed by atoms with Gasteiger partial charge in [0, 0.05) is 5.56 Å². The monoisotopic (exact) mass is 340 g/mol. The average molecular weight is 340 g/mol. The highest BCUT2D eigenvalue weighted by Crippen LogP contribution is 2.21. The van der Waals surface area contributed by atoms with E-state index in [0.29, 0.717) is 11.0 Å². The molecule has 1 heterocycles. The van der Waals surface area contributed by atoms with Crippen molar-refractivity contribution in [3.05, 3.63) is 66.2 Å². The number of carbonyl (C=O) groups is 1. The number of esters is 1. The second-order valence-corrected chi connectivity index (χ2v) is 5.92. The summed E-state index contributed by atoms with van der Waals surface area (Å²) in [5, 5.41) is 8.56. The number of benzene rings is 2. The van der Waals surface area contributed by atoms with Gasteiger partial charge in [0.05, 0.1) is 5.75 Å². The van der Waals surface area contributed by atoms with Crippen LogP contribution in [0.4, 0.5) is 0 Å². The highest BCUT2D eigenvalue weighted by molar-refractivity contribution is 7.99. The van der Waals surface area contributed by atoms with Gasteiger partial charge in [0.2, 0.25) is 5.16 Å². The van der Waals surface area contributed by atoms with E-state index in [2.05, 4.69) is 10.2 Å². The summed E-state index contributed by atoms with van der Waals surface area (Å²) in [5.41, 5.74) is 1.82. The molecule has 6 nitrogen and oxygen atoms in total. The van der Waals surface area contributed by atoms with E-state index in [4.69, 9.17) is 10.6 Å². The molecule has 0 saturated heterocycles. The van der Waals surface area contributed by atoms with Crippen LogP contribution in [-0.4, -0.2) is 26.6 Å². The number of thioether (sulfide) groups is 1. The largest absolute Gasteiger partial charge is 0.460 e. The maximum atomic E-state index is 11.8. The minimum Gasteiger partial charge on any atom is -0.460 e. The van der Waals surface area contributed by atoms with Crippen molar-refractivity contribution in [1.29, 1.82) is 0 Å². The van der Waals surface area contributed by atoms with Crippen LogP contribution in [0.25, 0.3) is 11.4 Å². The third-order valence-corrected chi connectivity index (χ3v) is 4.17. The Labute approximate surface area is 143 Å². The molecule has 0 bridgehead atoms. The summed E-state index contributed by atoms with van der Waals surface area (Å²) in [5.74, 6) is 6.35. The zero-order valence-corrected chi connectivity index (χ0v) is 13.6. The Bertz CT molecular complexity index is 806. The van der Waals surface area contributed by atoms with E-state index >= 15 is 0 Å². The molecule has 0 atom stereocenters. The maximum absolute atomic E-state index is 11.8. The number of rotatable bonds is 6. The molecule has 122 valence electrons. The summed E-state index contributed by atoms with van der Waals surface area (Å²) >= 11 is 1.20. The molecule has 0 unspecified atom stereocenters. The Hall–Kier alpha value is -2.80. The van der Waals surface area contributed by atoms with Gasteiger partial charge in [-0.15, -0.1) is 10.2 Å². The van der Waals surface area contributed by atoms with Crippen LogP contribution >= 0.6 is 11.8 Å². The lowest BCUT2D eigenvalue weighted by Gasteiger charge is -2.05. The number of nitrogen functional groups attached to an aromatic ring is 1. The lowest BCUT2D eigenvalue weighted by molar-refractivity contribution is -0.141. The summed E-state index contributed by atoms with van der Waals surface area (Å²) in [6, 6.07) is 19.0. The standard InChI is InChI=1S/C17H16N4O2S/c18-21-16(14-9-5-2-6-10-14)19-20-17(21)24-12-15(22)23-11-13-7-3-1-4-8-13/h1-10H,11-12,18H2. The zero-order valence-electron chi connectivity index (χ0n) is 12.8. The van der Waals surface area contributed by atoms with Crippen LogP contribution in [-0.2, 0) is 16.1 Å². The molecular formula is C17H16N4O2S. The first-order chi connectivity index (χ1) is 11.7. The topological polar surface area (TPSA) is 83.0 Å². The summed E-state index contributed by atoms with van der Waals surface area (Å²) < 4.78 is 6.60. The molecule has 0 aliphatic rings. The first-order valence-corrected chi connectivity index (χ1v) is 8.31. The van der Waals surface area contributed by atoms with E-state index in [1.807, 2.05) is 60.7 Å². The molecule has 3 rings (SSSR count). The fourth-order valence-corrected chi connectivity index (χ4v) is 2.72. The van der Waals surface area contributed by atoms with Gasteiger partial charge >= 0.3 is 5.97 Å². The van der Waals surface area contributed by atoms with Gasteiger partial charge in [0.15, 0.2) is 5.82 Å². The third-order valence-electron chi connectivity index (χ3n) is 3.26. The van der Waals surface area contributed by atoms with Gasteiger partial charge in [-0.25, -0.2) is 4.68 Å². The SMILES string of the molecule is Nn1c(SCC(=O)OCc2ccccc2)nnc1-c1ccccc1. The molecule has 0 aliphatic carbocycles. The molecule has 7 heteroatoms. The van der Waals surface area contributed by atoms with Gasteiger partial charge in [0.1, 0.15) is 6.61 Å². The summed E-state index contributed by atoms with van der Waals surface area (Å²) in [4.78, 5) is 11.8. The van der Waals surface area contributed by atoms with Crippen LogP contribution in [0.2, 0.25) is 0 Å². The molecule has 0 saturated carbocycles. The van der Waals surface area contributed by atoms with Crippen molar-refractivity contribution < 1.29 is 9.53 Å². The molecule has 0 spiro atoms. The Morgan fingerprint density at radius 3 is 2.42 bits per heavy atom. The minimum atomic E-state index is -0.326. The van der Waals surface area contributed by atoms with Gasteiger partial charge in [-0.1, -0.05) is 72.4 Å². The normalized spacial score (nSPS) is 10.5. The van der Waals surface area contributed by atoms with Gasteiger partial charge in [-0.3, -0.25) is 4.79 Å². The van der Waals surface area contributed by atoms with Crippen molar-refractivity contribution in [3.8, 4) is 11.4 Å². The molecule has 0 aliphatic heterocycles. The van der Waals surface area contributed by atoms with Crippen molar-refractivity contribution >= 4 is 17.7 Å². The molecule has 0 radical (unpaired) electrons. The Balaban J connectivity index is 1.55. The number of aromatic nitrogens is 3. The van der Waals surface area contributed by atoms with Crippen LogP contribution < -0.4 is 5.84 Å². The van der Waals surface area contributed by atoms with Crippen molar-refractivity contribution in [3.63, 3.8) is 0 Å². The fourth-order valence-electron chi connectivity index (χ4n) is 2.06. The first kappa shape index (κ1) is 16.1. The number of carbonyl (C=O) groups excluding carboxylic acids is 1. The van der Waals surface area contributed by atoms with Gasteiger partial charge < -0.3 is 10.6 Å². The second-order valence-electron chi connectivity index (χ2n) is 4.98. The summed E-state index contributed by atoms with van der Waals surface area (Å²) in [6.07, 6.45) is 0. The van der Waals surface area contributed by atoms with Gasteiger partial charge in [-0.2, -0.15) is 0 Å². The molecule has 2 aromatic carbocycles. The summed E-state index contributed by atoms with van der Waals surface area (Å²) in [6.45, 7) is 0.255. The molecule has 0 fully saturated rings. The van der Waals surface area contributed by atoms with Gasteiger partial charge in [0.25, 0.3) is 0 Å². The number of ether oxygens (including phenoxy) is 1. The Morgan fingerprint density at radius 2 is 1.71 bits per heavy atom. The maximum Gasteiger partial charge on any atom is 0.316 e. The molecule has 1 aromatic heterocycles. The smallest absolute Gasteiger partial charge is 0.316 e. The number of nitrogens with two attached hydrogens (primary N) is 1. The van der Waals surface area contributed by atoms with E-state index in [9.17, 15) is 4.79 Å². The highest BCUT2D eigenvalue weighted by Gasteiger charge is 2.14. The molecule has 3 aromatic rings. The van der Waals surface area contributed by atoms with E-state index in [0.717, 1.165) is 11.1 Å². The van der Waals surface area contributed by atoms with Crippen LogP contribution in [0.3, 0.4) is 0 Å². The predicted octanol–water partition coefficient (Wildman–Crippen LogP) is 2.49. The van der Waals surface area contributed by atoms with Gasteiger partial charge in [-0.05, 0) is 5.56 Å². The fraction of sp³-hybridized carbons (Fsp3) is 0.118. The molecule has 0 amide bonds. The van der Waals surface area contributed by atoms with Crippen molar-refractivity contribution in [1.82, 2.24) is 14.9 Å². The number of hydrogen-bond donors (Lipinski definition) is 1. The number of hydrogen-bond acceptors (Lipinski definition) is 6. The minimum absolute atomic E-state index is 0.122. The Kier molecular flexibility index (Phi) is 5.12. The van der Waals surface area contributed by atoms with Crippen molar-refractivity contribution in [2.45, 2.75) is 11.8 Å². The van der Waals surface area contributed by atoms with E-state index in [1.54, 1.807) is 0 Å². The predicted molar refractivity (Wildman–Crippen MR) is 92.6 cm³/mol. The van der Waals surface area contributed by atoms with Crippen LogP contribution in [0.5, 0.6) is 0 Å². The number of nitrogens with zero attached hydrogens (tertiary/aromatic N) is 3. The summed E-state index contributed by atoms with van der Waals surface area (Å²) in [7, 11) is 0. The van der Waals surface area contributed by atoms with E-state index in [1.165, 1.54) is 16.4 Å². The van der Waals surface area contributed by atoms with Crippen LogP contribution in [0, 0.1) is 0 Å². The van der Waals surface area contributed by atoms with Crippen LogP contribution in [0.1, 0.15) is 5.56 Å². The molecule has 24 heavy (non-hydrogen) atoms. The average Bonchev–Trinajstić information content (AvgIpc) is 3.00. The van der Waals surface area contributed by atoms with Crippen molar-refractivity contribution in [2.24, 2.45) is 0 Å². The first-order valence-electron chi connectivity index (χ1n) is 7.32. The quantitative estimate of drug-likeness (QED) is 0.422. The molecule has 2 N–H and O–H groups in total. The van der Waals surface area contributed by atoms with Crippen molar-refractivity contribution in [2.75, 3.05) is 11.6 Å². The van der Waals surface area contributed by atoms with E-state index < -0.39 is 0 Å². The lowest BCUT2D eigenvalue weighted by Crippen LogP contribution is -2.13. The third kappa shape index (κ3) is 3.94. The Morgan fingerprint density at radius 1 is 1.04 bits per heavy atom. The lowest BCUT2D eigenvalue weighted by atomic mass is 10.2. The zero-order chi connectivity index (χ0) is 16.8. The second kappa shape index (κ2) is 7.65. The van der Waals surface area contributed by atoms with Crippen LogP contribution in [0.15, 0.2) is 65.8 Å². The van der Waals surface area contributed by atoms with E-state index in [-0.39, 0.29) is 18.3 Å².